The van der Waals surface area contributed by atoms with Crippen LogP contribution < -0.4 is 18.9 Å². The molecule has 0 spiro atoms. The number of fused-ring (bicyclic) bond motifs is 3. The van der Waals surface area contributed by atoms with E-state index >= 15 is 0 Å². The first-order valence-electron chi connectivity index (χ1n) is 11.0. The number of rotatable bonds is 5. The van der Waals surface area contributed by atoms with Crippen LogP contribution in [0.4, 0.5) is 0 Å². The van der Waals surface area contributed by atoms with Crippen LogP contribution in [0.2, 0.25) is 0 Å². The molecular weight excluding hydrogens is 418 g/mol. The number of hydrogen-bond donors (Lipinski definition) is 1. The number of para-hydroxylation sites is 1. The molecule has 0 radical (unpaired) electrons. The van der Waals surface area contributed by atoms with Crippen LogP contribution in [0.3, 0.4) is 0 Å². The van der Waals surface area contributed by atoms with E-state index in [1.54, 1.807) is 0 Å². The minimum absolute atomic E-state index is 0.0738. The monoisotopic (exact) mass is 441 g/mol. The molecule has 0 bridgehead atoms. The number of aliphatic hydroxyl groups is 1. The summed E-state index contributed by atoms with van der Waals surface area (Å²) in [4.78, 5) is 4.66. The third kappa shape index (κ3) is 3.94. The van der Waals surface area contributed by atoms with E-state index in [2.05, 4.69) is 4.98 Å². The minimum atomic E-state index is -0.651. The van der Waals surface area contributed by atoms with Gasteiger partial charge in [-0.15, -0.1) is 0 Å². The second-order valence-corrected chi connectivity index (χ2v) is 8.39. The summed E-state index contributed by atoms with van der Waals surface area (Å²) in [6.07, 6.45) is 0.0186. The van der Waals surface area contributed by atoms with Crippen LogP contribution in [-0.2, 0) is 13.0 Å². The SMILES string of the molecule is O[C@@H]1c2cc(OCc3ccc4ccccc4n3)ccc2OC[C@H]1Cc1ccc2c(c1)OCO2. The van der Waals surface area contributed by atoms with E-state index in [-0.39, 0.29) is 12.7 Å². The molecule has 2 atom stereocenters. The largest absolute Gasteiger partial charge is 0.493 e. The van der Waals surface area contributed by atoms with Gasteiger partial charge in [0.05, 0.1) is 23.9 Å². The molecule has 0 amide bonds. The molecule has 6 nitrogen and oxygen atoms in total. The van der Waals surface area contributed by atoms with Gasteiger partial charge in [-0.3, -0.25) is 0 Å². The van der Waals surface area contributed by atoms with Gasteiger partial charge in [-0.25, -0.2) is 4.98 Å². The summed E-state index contributed by atoms with van der Waals surface area (Å²) in [5.74, 6) is 2.80. The van der Waals surface area contributed by atoms with Crippen LogP contribution in [0.15, 0.2) is 72.8 Å². The Morgan fingerprint density at radius 1 is 0.879 bits per heavy atom. The van der Waals surface area contributed by atoms with Gasteiger partial charge in [-0.05, 0) is 54.4 Å². The Morgan fingerprint density at radius 2 is 1.76 bits per heavy atom. The zero-order chi connectivity index (χ0) is 22.2. The highest BCUT2D eigenvalue weighted by atomic mass is 16.7. The molecule has 0 fully saturated rings. The maximum atomic E-state index is 11.1. The maximum absolute atomic E-state index is 11.1. The van der Waals surface area contributed by atoms with Gasteiger partial charge in [0.1, 0.15) is 18.1 Å². The van der Waals surface area contributed by atoms with Gasteiger partial charge >= 0.3 is 0 Å². The molecule has 3 aromatic carbocycles. The smallest absolute Gasteiger partial charge is 0.231 e. The molecule has 0 aliphatic carbocycles. The van der Waals surface area contributed by atoms with Gasteiger partial charge in [-0.1, -0.05) is 30.3 Å². The predicted octanol–water partition coefficient (Wildman–Crippen LogP) is 4.83. The fraction of sp³-hybridized carbons (Fsp3) is 0.222. The minimum Gasteiger partial charge on any atom is -0.493 e. The lowest BCUT2D eigenvalue weighted by Gasteiger charge is -2.30. The van der Waals surface area contributed by atoms with E-state index in [0.717, 1.165) is 39.2 Å². The van der Waals surface area contributed by atoms with E-state index in [1.165, 1.54) is 0 Å². The van der Waals surface area contributed by atoms with Crippen molar-refractivity contribution in [2.24, 2.45) is 5.92 Å². The summed E-state index contributed by atoms with van der Waals surface area (Å²) < 4.78 is 22.8. The summed E-state index contributed by atoms with van der Waals surface area (Å²) in [5, 5.41) is 12.2. The Hall–Kier alpha value is -3.77. The molecule has 2 aliphatic heterocycles. The summed E-state index contributed by atoms with van der Waals surface area (Å²) in [5.41, 5.74) is 3.62. The van der Waals surface area contributed by atoms with E-state index < -0.39 is 6.10 Å². The normalized spacial score (nSPS) is 18.6. The van der Waals surface area contributed by atoms with Crippen molar-refractivity contribution in [2.45, 2.75) is 19.1 Å². The van der Waals surface area contributed by atoms with Crippen molar-refractivity contribution in [1.82, 2.24) is 4.98 Å². The van der Waals surface area contributed by atoms with Crippen molar-refractivity contribution in [1.29, 1.82) is 0 Å². The molecule has 1 N–H and O–H groups in total. The van der Waals surface area contributed by atoms with E-state index in [4.69, 9.17) is 18.9 Å². The summed E-state index contributed by atoms with van der Waals surface area (Å²) >= 11 is 0. The van der Waals surface area contributed by atoms with Gasteiger partial charge in [0.2, 0.25) is 6.79 Å². The van der Waals surface area contributed by atoms with Crippen LogP contribution >= 0.6 is 0 Å². The summed E-state index contributed by atoms with van der Waals surface area (Å²) in [6, 6.07) is 23.5. The van der Waals surface area contributed by atoms with E-state index in [0.29, 0.717) is 31.1 Å². The maximum Gasteiger partial charge on any atom is 0.231 e. The van der Waals surface area contributed by atoms with Crippen LogP contribution in [0, 0.1) is 5.92 Å². The average molecular weight is 441 g/mol. The second-order valence-electron chi connectivity index (χ2n) is 8.39. The van der Waals surface area contributed by atoms with Crippen molar-refractivity contribution < 1.29 is 24.1 Å². The van der Waals surface area contributed by atoms with Crippen molar-refractivity contribution in [2.75, 3.05) is 13.4 Å². The van der Waals surface area contributed by atoms with E-state index in [9.17, 15) is 5.11 Å². The van der Waals surface area contributed by atoms with Crippen molar-refractivity contribution >= 4 is 10.9 Å². The highest BCUT2D eigenvalue weighted by molar-refractivity contribution is 5.78. The van der Waals surface area contributed by atoms with E-state index in [1.807, 2.05) is 72.8 Å². The van der Waals surface area contributed by atoms with Gasteiger partial charge in [0, 0.05) is 16.9 Å². The fourth-order valence-corrected chi connectivity index (χ4v) is 4.41. The molecule has 6 heteroatoms. The van der Waals surface area contributed by atoms with Crippen LogP contribution in [0.1, 0.15) is 22.9 Å². The number of hydrogen-bond acceptors (Lipinski definition) is 6. The molecule has 0 unspecified atom stereocenters. The molecule has 0 saturated heterocycles. The van der Waals surface area contributed by atoms with Crippen molar-refractivity contribution in [3.8, 4) is 23.0 Å². The van der Waals surface area contributed by atoms with Crippen LogP contribution in [0.25, 0.3) is 10.9 Å². The first-order chi connectivity index (χ1) is 16.2. The third-order valence-corrected chi connectivity index (χ3v) is 6.18. The van der Waals surface area contributed by atoms with Crippen LogP contribution in [-0.4, -0.2) is 23.5 Å². The topological polar surface area (TPSA) is 70.0 Å². The summed E-state index contributed by atoms with van der Waals surface area (Å²) in [6.45, 7) is 1.05. The molecule has 3 heterocycles. The van der Waals surface area contributed by atoms with Gasteiger partial charge < -0.3 is 24.1 Å². The zero-order valence-corrected chi connectivity index (χ0v) is 17.9. The fourth-order valence-electron chi connectivity index (χ4n) is 4.41. The Balaban J connectivity index is 1.16. The highest BCUT2D eigenvalue weighted by Crippen LogP contribution is 2.40. The second kappa shape index (κ2) is 8.30. The lowest BCUT2D eigenvalue weighted by molar-refractivity contribution is 0.0504. The molecular formula is C27H23NO5. The first kappa shape index (κ1) is 19.9. The van der Waals surface area contributed by atoms with Gasteiger partial charge in [0.15, 0.2) is 11.5 Å². The lowest BCUT2D eigenvalue weighted by Crippen LogP contribution is -2.27. The molecule has 1 aromatic heterocycles. The zero-order valence-electron chi connectivity index (χ0n) is 17.9. The Labute approximate surface area is 191 Å². The average Bonchev–Trinajstić information content (AvgIpc) is 3.32. The number of aromatic nitrogens is 1. The van der Waals surface area contributed by atoms with Gasteiger partial charge in [-0.2, -0.15) is 0 Å². The Bertz CT molecular complexity index is 1320. The number of benzene rings is 3. The first-order valence-corrected chi connectivity index (χ1v) is 11.0. The van der Waals surface area contributed by atoms with Crippen molar-refractivity contribution in [3.63, 3.8) is 0 Å². The summed E-state index contributed by atoms with van der Waals surface area (Å²) in [7, 11) is 0. The Kier molecular flexibility index (Phi) is 5.00. The highest BCUT2D eigenvalue weighted by Gasteiger charge is 2.30. The molecule has 0 saturated carbocycles. The number of ether oxygens (including phenoxy) is 4. The molecule has 4 aromatic rings. The molecule has 166 valence electrons. The quantitative estimate of drug-likeness (QED) is 0.479. The predicted molar refractivity (Wildman–Crippen MR) is 123 cm³/mol. The Morgan fingerprint density at radius 3 is 2.73 bits per heavy atom. The van der Waals surface area contributed by atoms with Crippen LogP contribution in [0.5, 0.6) is 23.0 Å². The number of pyridine rings is 1. The number of aliphatic hydroxyl groups excluding tert-OH is 1. The standard InChI is InChI=1S/C27H23NO5/c29-27-19(11-17-5-9-25-26(12-17)33-16-32-25)14-31-24-10-8-21(13-22(24)27)30-15-20-7-6-18-3-1-2-4-23(18)28-20/h1-10,12-13,19,27,29H,11,14-16H2/t19-,27+/m1/s1. The van der Waals surface area contributed by atoms with Gasteiger partial charge in [0.25, 0.3) is 0 Å². The molecule has 33 heavy (non-hydrogen) atoms. The van der Waals surface area contributed by atoms with Crippen molar-refractivity contribution in [3.05, 3.63) is 89.6 Å². The molecule has 6 rings (SSSR count). The third-order valence-electron chi connectivity index (χ3n) is 6.18. The lowest BCUT2D eigenvalue weighted by atomic mass is 9.88. The molecule has 2 aliphatic rings. The number of nitrogens with zero attached hydrogens (tertiary/aromatic N) is 1.